The molecule has 1 aromatic rings. The monoisotopic (exact) mass is 349 g/mol. The quantitative estimate of drug-likeness (QED) is 0.730. The van der Waals surface area contributed by atoms with Crippen LogP contribution in [0.2, 0.25) is 0 Å². The van der Waals surface area contributed by atoms with Crippen LogP contribution < -0.4 is 20.7 Å². The zero-order valence-electron chi connectivity index (χ0n) is 13.9. The van der Waals surface area contributed by atoms with Gasteiger partial charge < -0.3 is 20.1 Å². The highest BCUT2D eigenvalue weighted by atomic mass is 16.5. The van der Waals surface area contributed by atoms with E-state index >= 15 is 0 Å². The van der Waals surface area contributed by atoms with E-state index in [-0.39, 0.29) is 18.9 Å². The van der Waals surface area contributed by atoms with Crippen molar-refractivity contribution < 1.29 is 28.7 Å². The molecule has 25 heavy (non-hydrogen) atoms. The van der Waals surface area contributed by atoms with Crippen molar-refractivity contribution in [3.63, 3.8) is 0 Å². The van der Waals surface area contributed by atoms with Gasteiger partial charge in [0.15, 0.2) is 6.10 Å². The molecule has 0 spiro atoms. The number of rotatable bonds is 5. The highest BCUT2D eigenvalue weighted by Gasteiger charge is 2.38. The predicted octanol–water partition coefficient (Wildman–Crippen LogP) is 0.175. The van der Waals surface area contributed by atoms with Crippen LogP contribution >= 0.6 is 0 Å². The lowest BCUT2D eigenvalue weighted by atomic mass is 10.1. The first kappa shape index (κ1) is 18.2. The fraction of sp³-hybridized carbons (Fsp3) is 0.375. The van der Waals surface area contributed by atoms with E-state index in [0.717, 1.165) is 0 Å². The van der Waals surface area contributed by atoms with E-state index in [4.69, 9.17) is 15.2 Å². The molecule has 1 saturated heterocycles. The van der Waals surface area contributed by atoms with E-state index in [9.17, 15) is 19.2 Å². The molecule has 3 N–H and O–H groups in total. The van der Waals surface area contributed by atoms with Gasteiger partial charge in [0.2, 0.25) is 5.91 Å². The van der Waals surface area contributed by atoms with Crippen molar-refractivity contribution in [3.8, 4) is 5.75 Å². The number of carbonyl (C=O) groups is 4. The molecular weight excluding hydrogens is 330 g/mol. The molecule has 0 bridgehead atoms. The number of hydrogen-bond acceptors (Lipinski definition) is 6. The molecule has 0 aromatic heterocycles. The van der Waals surface area contributed by atoms with Crippen LogP contribution in [0, 0.1) is 5.92 Å². The molecule has 1 aliphatic rings. The number of nitrogens with zero attached hydrogens (tertiary/aromatic N) is 1. The molecule has 1 heterocycles. The van der Waals surface area contributed by atoms with Crippen LogP contribution in [0.4, 0.5) is 10.5 Å². The topological polar surface area (TPSA) is 128 Å². The Labute approximate surface area is 144 Å². The molecule has 134 valence electrons. The second-order valence-corrected chi connectivity index (χ2v) is 5.51. The third kappa shape index (κ3) is 4.25. The van der Waals surface area contributed by atoms with Gasteiger partial charge in [-0.3, -0.25) is 19.7 Å². The first-order chi connectivity index (χ1) is 11.8. The summed E-state index contributed by atoms with van der Waals surface area (Å²) in [6.45, 7) is 1.42. The number of hydrogen-bond donors (Lipinski definition) is 2. The van der Waals surface area contributed by atoms with Crippen LogP contribution in [0.3, 0.4) is 0 Å². The number of para-hydroxylation sites is 2. The minimum absolute atomic E-state index is 0.0406. The Hall–Kier alpha value is -3.10. The third-order valence-electron chi connectivity index (χ3n) is 3.74. The van der Waals surface area contributed by atoms with Crippen LogP contribution in [0.15, 0.2) is 24.3 Å². The number of esters is 1. The van der Waals surface area contributed by atoms with Crippen LogP contribution in [0.1, 0.15) is 13.3 Å². The number of anilines is 1. The Kier molecular flexibility index (Phi) is 5.58. The molecule has 9 heteroatoms. The fourth-order valence-electron chi connectivity index (χ4n) is 2.50. The second kappa shape index (κ2) is 7.65. The Morgan fingerprint density at radius 2 is 2.00 bits per heavy atom. The molecule has 4 amide bonds. The second-order valence-electron chi connectivity index (χ2n) is 5.51. The van der Waals surface area contributed by atoms with Gasteiger partial charge in [-0.15, -0.1) is 0 Å². The number of nitrogens with one attached hydrogen (secondary N) is 1. The van der Waals surface area contributed by atoms with Crippen molar-refractivity contribution in [3.05, 3.63) is 24.3 Å². The number of primary amides is 1. The van der Waals surface area contributed by atoms with Crippen LogP contribution in [0.25, 0.3) is 0 Å². The Balaban J connectivity index is 2.03. The number of imide groups is 1. The summed E-state index contributed by atoms with van der Waals surface area (Å²) in [5.74, 6) is -1.98. The van der Waals surface area contributed by atoms with Gasteiger partial charge in [-0.25, -0.2) is 4.79 Å². The van der Waals surface area contributed by atoms with Crippen molar-refractivity contribution in [2.24, 2.45) is 11.7 Å². The molecule has 0 saturated carbocycles. The van der Waals surface area contributed by atoms with E-state index in [1.54, 1.807) is 24.3 Å². The standard InChI is InChI=1S/C16H19N3O6/c1-9(14(21)18-16(17)23)25-15(22)10-7-13(20)19(8-10)11-5-3-4-6-12(11)24-2/h3-6,9-10H,7-8H2,1-2H3,(H3,17,18,21,23)/t9-,10-/m1/s1. The van der Waals surface area contributed by atoms with Crippen LogP contribution in [0.5, 0.6) is 5.75 Å². The molecule has 0 aliphatic carbocycles. The molecule has 2 atom stereocenters. The number of methoxy groups -OCH3 is 1. The lowest BCUT2D eigenvalue weighted by molar-refractivity contribution is -0.158. The summed E-state index contributed by atoms with van der Waals surface area (Å²) >= 11 is 0. The lowest BCUT2D eigenvalue weighted by Crippen LogP contribution is -2.42. The van der Waals surface area contributed by atoms with Gasteiger partial charge in [-0.2, -0.15) is 0 Å². The van der Waals surface area contributed by atoms with Gasteiger partial charge in [0.05, 0.1) is 18.7 Å². The summed E-state index contributed by atoms with van der Waals surface area (Å²) in [5, 5.41) is 1.83. The van der Waals surface area contributed by atoms with Crippen molar-refractivity contribution in [2.75, 3.05) is 18.6 Å². The minimum Gasteiger partial charge on any atom is -0.495 e. The van der Waals surface area contributed by atoms with E-state index in [1.807, 2.05) is 5.32 Å². The Morgan fingerprint density at radius 1 is 1.32 bits per heavy atom. The summed E-state index contributed by atoms with van der Waals surface area (Å²) < 4.78 is 10.2. The summed E-state index contributed by atoms with van der Waals surface area (Å²) in [4.78, 5) is 48.1. The largest absolute Gasteiger partial charge is 0.495 e. The fourth-order valence-corrected chi connectivity index (χ4v) is 2.50. The SMILES string of the molecule is COc1ccccc1N1C[C@H](C(=O)O[C@H](C)C(=O)NC(N)=O)CC1=O. The smallest absolute Gasteiger partial charge is 0.318 e. The van der Waals surface area contributed by atoms with Crippen molar-refractivity contribution >= 4 is 29.5 Å². The summed E-state index contributed by atoms with van der Waals surface area (Å²) in [5.41, 5.74) is 5.40. The maximum absolute atomic E-state index is 12.2. The Morgan fingerprint density at radius 3 is 2.64 bits per heavy atom. The average molecular weight is 349 g/mol. The minimum atomic E-state index is -1.20. The number of ether oxygens (including phenoxy) is 2. The average Bonchev–Trinajstić information content (AvgIpc) is 2.95. The Bertz CT molecular complexity index is 705. The zero-order valence-corrected chi connectivity index (χ0v) is 13.9. The van der Waals surface area contributed by atoms with Crippen molar-refractivity contribution in [1.29, 1.82) is 0 Å². The molecule has 2 rings (SSSR count). The van der Waals surface area contributed by atoms with Crippen molar-refractivity contribution in [2.45, 2.75) is 19.4 Å². The zero-order chi connectivity index (χ0) is 18.6. The third-order valence-corrected chi connectivity index (χ3v) is 3.74. The first-order valence-corrected chi connectivity index (χ1v) is 7.57. The molecule has 1 aliphatic heterocycles. The number of amides is 4. The number of benzene rings is 1. The highest BCUT2D eigenvalue weighted by Crippen LogP contribution is 2.33. The maximum atomic E-state index is 12.2. The molecule has 1 aromatic carbocycles. The van der Waals surface area contributed by atoms with E-state index in [1.165, 1.54) is 18.9 Å². The van der Waals surface area contributed by atoms with E-state index in [0.29, 0.717) is 11.4 Å². The van der Waals surface area contributed by atoms with Crippen LogP contribution in [-0.4, -0.2) is 43.6 Å². The number of nitrogens with two attached hydrogens (primary N) is 1. The summed E-state index contributed by atoms with van der Waals surface area (Å²) in [6, 6.07) is 5.92. The summed E-state index contributed by atoms with van der Waals surface area (Å²) in [6.07, 6.45) is -1.24. The van der Waals surface area contributed by atoms with Gasteiger partial charge in [-0.1, -0.05) is 12.1 Å². The van der Waals surface area contributed by atoms with Gasteiger partial charge in [0.25, 0.3) is 5.91 Å². The molecule has 0 radical (unpaired) electrons. The predicted molar refractivity (Wildman–Crippen MR) is 86.7 cm³/mol. The van der Waals surface area contributed by atoms with Crippen molar-refractivity contribution in [1.82, 2.24) is 5.32 Å². The summed E-state index contributed by atoms with van der Waals surface area (Å²) in [7, 11) is 1.49. The van der Waals surface area contributed by atoms with E-state index in [2.05, 4.69) is 0 Å². The highest BCUT2D eigenvalue weighted by molar-refractivity contribution is 6.01. The number of carbonyl (C=O) groups excluding carboxylic acids is 4. The molecule has 1 fully saturated rings. The van der Waals surface area contributed by atoms with E-state index < -0.39 is 29.9 Å². The first-order valence-electron chi connectivity index (χ1n) is 7.57. The number of urea groups is 1. The van der Waals surface area contributed by atoms with Crippen LogP contribution in [-0.2, 0) is 19.1 Å². The lowest BCUT2D eigenvalue weighted by Gasteiger charge is -2.19. The van der Waals surface area contributed by atoms with Gasteiger partial charge in [0, 0.05) is 13.0 Å². The van der Waals surface area contributed by atoms with Gasteiger partial charge in [-0.05, 0) is 19.1 Å². The maximum Gasteiger partial charge on any atom is 0.318 e. The van der Waals surface area contributed by atoms with Gasteiger partial charge in [0.1, 0.15) is 5.75 Å². The normalized spacial score (nSPS) is 17.8. The molecule has 9 nitrogen and oxygen atoms in total. The van der Waals surface area contributed by atoms with Gasteiger partial charge >= 0.3 is 12.0 Å². The molecular formula is C16H19N3O6. The molecule has 0 unspecified atom stereocenters.